The Kier molecular flexibility index (Phi) is 3.73. The second-order valence-corrected chi connectivity index (χ2v) is 7.62. The van der Waals surface area contributed by atoms with Gasteiger partial charge in [-0.25, -0.2) is 23.4 Å². The molecule has 1 aliphatic heterocycles. The Morgan fingerprint density at radius 1 is 1.27 bits per heavy atom. The van der Waals surface area contributed by atoms with E-state index >= 15 is 0 Å². The quantitative estimate of drug-likeness (QED) is 0.765. The van der Waals surface area contributed by atoms with Crippen molar-refractivity contribution in [1.29, 1.82) is 0 Å². The van der Waals surface area contributed by atoms with Crippen molar-refractivity contribution >= 4 is 9.84 Å². The Morgan fingerprint density at radius 3 is 2.68 bits per heavy atom. The number of hydrogen-bond acceptors (Lipinski definition) is 6. The molecule has 3 heterocycles. The molecule has 0 spiro atoms. The highest BCUT2D eigenvalue weighted by atomic mass is 32.2. The SMILES string of the molecule is Cc1ncc(CN2CCc3nc(S(C)(=O)=O)ncc3C2)n1C. The maximum atomic E-state index is 11.5. The van der Waals surface area contributed by atoms with Crippen LogP contribution in [0.4, 0.5) is 0 Å². The third-order valence-electron chi connectivity index (χ3n) is 4.02. The molecule has 0 unspecified atom stereocenters. The molecule has 118 valence electrons. The van der Waals surface area contributed by atoms with E-state index in [9.17, 15) is 8.42 Å². The Morgan fingerprint density at radius 2 is 2.05 bits per heavy atom. The summed E-state index contributed by atoms with van der Waals surface area (Å²) in [5, 5.41) is -0.0815. The first-order valence-corrected chi connectivity index (χ1v) is 8.98. The summed E-state index contributed by atoms with van der Waals surface area (Å²) in [4.78, 5) is 14.8. The van der Waals surface area contributed by atoms with E-state index in [1.165, 1.54) is 0 Å². The zero-order valence-electron chi connectivity index (χ0n) is 12.9. The molecule has 0 saturated carbocycles. The standard InChI is InChI=1S/C14H19N5O2S/c1-10-15-7-12(18(10)2)9-19-5-4-13-11(8-19)6-16-14(17-13)22(3,20)21/h6-7H,4-5,8-9H2,1-3H3. The van der Waals surface area contributed by atoms with Gasteiger partial charge in [0.2, 0.25) is 15.0 Å². The average Bonchev–Trinajstić information content (AvgIpc) is 2.78. The number of fused-ring (bicyclic) bond motifs is 1. The molecule has 2 aromatic heterocycles. The topological polar surface area (TPSA) is 81.0 Å². The van der Waals surface area contributed by atoms with Gasteiger partial charge in [-0.2, -0.15) is 0 Å². The predicted octanol–water partition coefficient (Wildman–Crippen LogP) is 0.480. The highest BCUT2D eigenvalue weighted by Crippen LogP contribution is 2.19. The van der Waals surface area contributed by atoms with E-state index in [2.05, 4.69) is 24.4 Å². The summed E-state index contributed by atoms with van der Waals surface area (Å²) in [6.45, 7) is 4.36. The summed E-state index contributed by atoms with van der Waals surface area (Å²) in [6, 6.07) is 0. The fourth-order valence-corrected chi connectivity index (χ4v) is 3.12. The molecule has 2 aromatic rings. The van der Waals surface area contributed by atoms with Crippen molar-refractivity contribution in [2.24, 2.45) is 7.05 Å². The van der Waals surface area contributed by atoms with Crippen LogP contribution in [0, 0.1) is 6.92 Å². The van der Waals surface area contributed by atoms with Gasteiger partial charge in [-0.15, -0.1) is 0 Å². The van der Waals surface area contributed by atoms with E-state index in [0.717, 1.165) is 55.1 Å². The van der Waals surface area contributed by atoms with E-state index in [1.54, 1.807) is 6.20 Å². The van der Waals surface area contributed by atoms with Gasteiger partial charge < -0.3 is 4.57 Å². The molecule has 0 aliphatic carbocycles. The molecule has 0 fully saturated rings. The minimum absolute atomic E-state index is 0.0815. The molecule has 3 rings (SSSR count). The van der Waals surface area contributed by atoms with Crippen molar-refractivity contribution in [2.75, 3.05) is 12.8 Å². The highest BCUT2D eigenvalue weighted by molar-refractivity contribution is 7.90. The summed E-state index contributed by atoms with van der Waals surface area (Å²) >= 11 is 0. The third kappa shape index (κ3) is 2.89. The fraction of sp³-hybridized carbons (Fsp3) is 0.500. The minimum atomic E-state index is -3.35. The van der Waals surface area contributed by atoms with Gasteiger partial charge in [0.15, 0.2) is 0 Å². The fourth-order valence-electron chi connectivity index (χ4n) is 2.59. The second kappa shape index (κ2) is 5.44. The van der Waals surface area contributed by atoms with Gasteiger partial charge >= 0.3 is 0 Å². The van der Waals surface area contributed by atoms with Crippen molar-refractivity contribution in [3.63, 3.8) is 0 Å². The largest absolute Gasteiger partial charge is 0.334 e. The van der Waals surface area contributed by atoms with Crippen LogP contribution in [0.5, 0.6) is 0 Å². The Bertz CT molecular complexity index is 813. The van der Waals surface area contributed by atoms with E-state index in [4.69, 9.17) is 0 Å². The molecular weight excluding hydrogens is 302 g/mol. The number of aromatic nitrogens is 4. The summed E-state index contributed by atoms with van der Waals surface area (Å²) in [6.07, 6.45) is 5.40. The summed E-state index contributed by atoms with van der Waals surface area (Å²) in [5.74, 6) is 0.994. The Hall–Kier alpha value is -1.80. The molecule has 0 atom stereocenters. The lowest BCUT2D eigenvalue weighted by Crippen LogP contribution is -2.32. The molecule has 0 N–H and O–H groups in total. The van der Waals surface area contributed by atoms with Gasteiger partial charge in [0.1, 0.15) is 5.82 Å². The zero-order chi connectivity index (χ0) is 15.9. The van der Waals surface area contributed by atoms with E-state index < -0.39 is 9.84 Å². The van der Waals surface area contributed by atoms with Crippen LogP contribution in [-0.2, 0) is 36.4 Å². The van der Waals surface area contributed by atoms with E-state index in [0.29, 0.717) is 0 Å². The molecule has 0 bridgehead atoms. The third-order valence-corrected chi connectivity index (χ3v) is 4.88. The van der Waals surface area contributed by atoms with E-state index in [1.807, 2.05) is 20.2 Å². The van der Waals surface area contributed by atoms with Crippen molar-refractivity contribution in [2.45, 2.75) is 31.6 Å². The van der Waals surface area contributed by atoms with Crippen LogP contribution in [0.15, 0.2) is 17.6 Å². The highest BCUT2D eigenvalue weighted by Gasteiger charge is 2.21. The van der Waals surface area contributed by atoms with Crippen molar-refractivity contribution in [3.05, 3.63) is 35.2 Å². The van der Waals surface area contributed by atoms with Crippen LogP contribution in [-0.4, -0.2) is 45.6 Å². The monoisotopic (exact) mass is 321 g/mol. The number of sulfone groups is 1. The lowest BCUT2D eigenvalue weighted by atomic mass is 10.1. The molecule has 8 heteroatoms. The first-order valence-electron chi connectivity index (χ1n) is 7.09. The van der Waals surface area contributed by atoms with Crippen LogP contribution in [0.3, 0.4) is 0 Å². The normalized spacial score (nSPS) is 15.8. The van der Waals surface area contributed by atoms with Crippen molar-refractivity contribution in [3.8, 4) is 0 Å². The van der Waals surface area contributed by atoms with Crippen molar-refractivity contribution < 1.29 is 8.42 Å². The molecule has 7 nitrogen and oxygen atoms in total. The predicted molar refractivity (Wildman–Crippen MR) is 80.9 cm³/mol. The van der Waals surface area contributed by atoms with Crippen molar-refractivity contribution in [1.82, 2.24) is 24.4 Å². The van der Waals surface area contributed by atoms with E-state index in [-0.39, 0.29) is 5.16 Å². The Labute approximate surface area is 130 Å². The van der Waals surface area contributed by atoms with Crippen LogP contribution in [0.25, 0.3) is 0 Å². The lowest BCUT2D eigenvalue weighted by Gasteiger charge is -2.27. The first-order chi connectivity index (χ1) is 10.3. The van der Waals surface area contributed by atoms with Gasteiger partial charge in [0.25, 0.3) is 0 Å². The van der Waals surface area contributed by atoms with Crippen LogP contribution in [0.1, 0.15) is 22.8 Å². The first kappa shape index (κ1) is 15.1. The maximum Gasteiger partial charge on any atom is 0.246 e. The molecule has 0 amide bonds. The maximum absolute atomic E-state index is 11.5. The van der Waals surface area contributed by atoms with Gasteiger partial charge in [-0.1, -0.05) is 0 Å². The van der Waals surface area contributed by atoms with Gasteiger partial charge in [-0.3, -0.25) is 4.90 Å². The number of hydrogen-bond donors (Lipinski definition) is 0. The Balaban J connectivity index is 1.78. The molecule has 22 heavy (non-hydrogen) atoms. The number of imidazole rings is 1. The molecule has 0 aromatic carbocycles. The summed E-state index contributed by atoms with van der Waals surface area (Å²) in [7, 11) is -1.34. The molecular formula is C14H19N5O2S. The number of aryl methyl sites for hydroxylation is 1. The lowest BCUT2D eigenvalue weighted by molar-refractivity contribution is 0.237. The van der Waals surface area contributed by atoms with Gasteiger partial charge in [0.05, 0.1) is 11.4 Å². The minimum Gasteiger partial charge on any atom is -0.334 e. The summed E-state index contributed by atoms with van der Waals surface area (Å²) < 4.78 is 25.1. The smallest absolute Gasteiger partial charge is 0.246 e. The average molecular weight is 321 g/mol. The van der Waals surface area contributed by atoms with Crippen LogP contribution < -0.4 is 0 Å². The molecule has 0 radical (unpaired) electrons. The molecule has 0 saturated heterocycles. The summed E-state index contributed by atoms with van der Waals surface area (Å²) in [5.41, 5.74) is 3.00. The molecule has 1 aliphatic rings. The second-order valence-electron chi connectivity index (χ2n) is 5.71. The van der Waals surface area contributed by atoms with Crippen LogP contribution >= 0.6 is 0 Å². The number of rotatable bonds is 3. The van der Waals surface area contributed by atoms with Gasteiger partial charge in [0, 0.05) is 57.3 Å². The number of nitrogens with zero attached hydrogens (tertiary/aromatic N) is 5. The zero-order valence-corrected chi connectivity index (χ0v) is 13.8. The van der Waals surface area contributed by atoms with Gasteiger partial charge in [-0.05, 0) is 6.92 Å². The van der Waals surface area contributed by atoms with Crippen LogP contribution in [0.2, 0.25) is 0 Å².